The lowest BCUT2D eigenvalue weighted by Gasteiger charge is -2.00. The first kappa shape index (κ1) is 8.68. The van der Waals surface area contributed by atoms with Gasteiger partial charge in [0, 0.05) is 25.3 Å². The maximum absolute atomic E-state index is 11.1. The lowest BCUT2D eigenvalue weighted by molar-refractivity contribution is 0.101. The molecule has 0 spiro atoms. The first-order valence-corrected chi connectivity index (χ1v) is 4.12. The molecule has 0 unspecified atom stereocenters. The van der Waals surface area contributed by atoms with Crippen LogP contribution in [-0.4, -0.2) is 27.5 Å². The van der Waals surface area contributed by atoms with Crippen LogP contribution in [0.15, 0.2) is 18.3 Å². The third-order valence-electron chi connectivity index (χ3n) is 1.89. The second-order valence-corrected chi connectivity index (χ2v) is 2.84. The topological polar surface area (TPSA) is 56.5 Å². The number of nitrogens with zero attached hydrogens (tertiary/aromatic N) is 3. The maximum atomic E-state index is 11.1. The van der Waals surface area contributed by atoms with E-state index in [1.54, 1.807) is 25.4 Å². The molecule has 72 valence electrons. The zero-order valence-electron chi connectivity index (χ0n) is 7.89. The van der Waals surface area contributed by atoms with Crippen LogP contribution in [0, 0.1) is 0 Å². The van der Waals surface area contributed by atoms with Gasteiger partial charge < -0.3 is 4.74 Å². The first-order chi connectivity index (χ1) is 6.72. The molecule has 0 bridgehead atoms. The van der Waals surface area contributed by atoms with Crippen molar-refractivity contribution in [1.29, 1.82) is 0 Å². The van der Waals surface area contributed by atoms with Crippen LogP contribution < -0.4 is 4.74 Å². The summed E-state index contributed by atoms with van der Waals surface area (Å²) in [6.07, 6.45) is 1.61. The van der Waals surface area contributed by atoms with E-state index in [-0.39, 0.29) is 5.78 Å². The van der Waals surface area contributed by atoms with Crippen molar-refractivity contribution in [2.75, 3.05) is 7.11 Å². The van der Waals surface area contributed by atoms with Gasteiger partial charge in [0.25, 0.3) is 0 Å². The van der Waals surface area contributed by atoms with Crippen molar-refractivity contribution in [3.63, 3.8) is 0 Å². The molecule has 2 aromatic rings. The molecule has 14 heavy (non-hydrogen) atoms. The molecule has 2 heterocycles. The van der Waals surface area contributed by atoms with Crippen molar-refractivity contribution < 1.29 is 9.53 Å². The SMILES string of the molecule is COc1ccnc2cc(C(C)=O)nn12. The third kappa shape index (κ3) is 1.22. The van der Waals surface area contributed by atoms with Crippen LogP contribution >= 0.6 is 0 Å². The number of carbonyl (C=O) groups excluding carboxylic acids is 1. The van der Waals surface area contributed by atoms with Gasteiger partial charge in [0.2, 0.25) is 5.88 Å². The van der Waals surface area contributed by atoms with Crippen molar-refractivity contribution >= 4 is 11.4 Å². The molecule has 0 saturated carbocycles. The summed E-state index contributed by atoms with van der Waals surface area (Å²) in [5, 5.41) is 4.06. The number of hydrogen-bond donors (Lipinski definition) is 0. The Morgan fingerprint density at radius 2 is 2.36 bits per heavy atom. The van der Waals surface area contributed by atoms with Crippen molar-refractivity contribution in [1.82, 2.24) is 14.6 Å². The van der Waals surface area contributed by atoms with Gasteiger partial charge in [0.15, 0.2) is 11.4 Å². The second kappa shape index (κ2) is 3.10. The zero-order chi connectivity index (χ0) is 10.1. The highest BCUT2D eigenvalue weighted by Crippen LogP contribution is 2.12. The van der Waals surface area contributed by atoms with Gasteiger partial charge in [-0.15, -0.1) is 0 Å². The number of ether oxygens (including phenoxy) is 1. The van der Waals surface area contributed by atoms with E-state index in [0.29, 0.717) is 17.2 Å². The van der Waals surface area contributed by atoms with Crippen LogP contribution in [0.3, 0.4) is 0 Å². The summed E-state index contributed by atoms with van der Waals surface area (Å²) in [6, 6.07) is 3.31. The van der Waals surface area contributed by atoms with E-state index in [9.17, 15) is 4.79 Å². The van der Waals surface area contributed by atoms with Gasteiger partial charge in [0.1, 0.15) is 5.69 Å². The van der Waals surface area contributed by atoms with Gasteiger partial charge in [0.05, 0.1) is 7.11 Å². The molecular weight excluding hydrogens is 182 g/mol. The lowest BCUT2D eigenvalue weighted by Crippen LogP contribution is -1.98. The lowest BCUT2D eigenvalue weighted by atomic mass is 10.3. The minimum Gasteiger partial charge on any atom is -0.481 e. The Bertz CT molecular complexity index is 490. The number of fused-ring (bicyclic) bond motifs is 1. The quantitative estimate of drug-likeness (QED) is 0.663. The van der Waals surface area contributed by atoms with Crippen molar-refractivity contribution in [3.05, 3.63) is 24.0 Å². The molecule has 5 nitrogen and oxygen atoms in total. The van der Waals surface area contributed by atoms with Crippen LogP contribution in [0.5, 0.6) is 5.88 Å². The molecule has 0 fully saturated rings. The van der Waals surface area contributed by atoms with Crippen LogP contribution in [0.4, 0.5) is 0 Å². The predicted octanol–water partition coefficient (Wildman–Crippen LogP) is 0.940. The highest BCUT2D eigenvalue weighted by atomic mass is 16.5. The maximum Gasteiger partial charge on any atom is 0.217 e. The predicted molar refractivity (Wildman–Crippen MR) is 49.5 cm³/mol. The number of methoxy groups -OCH3 is 1. The van der Waals surface area contributed by atoms with E-state index in [1.165, 1.54) is 11.4 Å². The Morgan fingerprint density at radius 3 is 3.00 bits per heavy atom. The van der Waals surface area contributed by atoms with Gasteiger partial charge in [-0.3, -0.25) is 4.79 Å². The number of rotatable bonds is 2. The van der Waals surface area contributed by atoms with Crippen molar-refractivity contribution in [2.24, 2.45) is 0 Å². The Labute approximate surface area is 80.3 Å². The Morgan fingerprint density at radius 1 is 1.57 bits per heavy atom. The fraction of sp³-hybridized carbons (Fsp3) is 0.222. The molecule has 2 rings (SSSR count). The number of Topliss-reactive ketones (excluding diaryl/α,β-unsaturated/α-hetero) is 1. The van der Waals surface area contributed by atoms with Crippen molar-refractivity contribution in [2.45, 2.75) is 6.92 Å². The minimum atomic E-state index is -0.0856. The summed E-state index contributed by atoms with van der Waals surface area (Å²) >= 11 is 0. The Kier molecular flexibility index (Phi) is 1.92. The van der Waals surface area contributed by atoms with Crippen LogP contribution in [0.2, 0.25) is 0 Å². The van der Waals surface area contributed by atoms with Gasteiger partial charge in [-0.1, -0.05) is 0 Å². The molecule has 0 aliphatic rings. The van der Waals surface area contributed by atoms with E-state index in [2.05, 4.69) is 10.1 Å². The van der Waals surface area contributed by atoms with Gasteiger partial charge >= 0.3 is 0 Å². The monoisotopic (exact) mass is 191 g/mol. The summed E-state index contributed by atoms with van der Waals surface area (Å²) in [4.78, 5) is 15.1. The molecular formula is C9H9N3O2. The summed E-state index contributed by atoms with van der Waals surface area (Å²) < 4.78 is 6.57. The average Bonchev–Trinajstić information content (AvgIpc) is 2.60. The second-order valence-electron chi connectivity index (χ2n) is 2.84. The molecule has 0 saturated heterocycles. The van der Waals surface area contributed by atoms with E-state index in [1.807, 2.05) is 0 Å². The Balaban J connectivity index is 2.70. The fourth-order valence-corrected chi connectivity index (χ4v) is 1.20. The molecule has 0 atom stereocenters. The average molecular weight is 191 g/mol. The molecule has 5 heteroatoms. The first-order valence-electron chi connectivity index (χ1n) is 4.12. The number of hydrogen-bond acceptors (Lipinski definition) is 4. The summed E-state index contributed by atoms with van der Waals surface area (Å²) in [5.41, 5.74) is 0.997. The third-order valence-corrected chi connectivity index (χ3v) is 1.89. The highest BCUT2D eigenvalue weighted by Gasteiger charge is 2.09. The summed E-state index contributed by atoms with van der Waals surface area (Å²) in [7, 11) is 1.55. The molecule has 0 radical (unpaired) electrons. The van der Waals surface area contributed by atoms with E-state index in [4.69, 9.17) is 4.74 Å². The normalized spacial score (nSPS) is 10.4. The zero-order valence-corrected chi connectivity index (χ0v) is 7.89. The van der Waals surface area contributed by atoms with Crippen LogP contribution in [0.1, 0.15) is 17.4 Å². The number of carbonyl (C=O) groups is 1. The minimum absolute atomic E-state index is 0.0856. The summed E-state index contributed by atoms with van der Waals surface area (Å²) in [6.45, 7) is 1.47. The highest BCUT2D eigenvalue weighted by molar-refractivity contribution is 5.93. The van der Waals surface area contributed by atoms with Crippen LogP contribution in [-0.2, 0) is 0 Å². The number of aromatic nitrogens is 3. The van der Waals surface area contributed by atoms with Gasteiger partial charge in [-0.2, -0.15) is 9.61 Å². The largest absolute Gasteiger partial charge is 0.481 e. The summed E-state index contributed by atoms with van der Waals surface area (Å²) in [5.74, 6) is 0.472. The number of ketones is 1. The van der Waals surface area contributed by atoms with E-state index < -0.39 is 0 Å². The molecule has 0 aliphatic heterocycles. The van der Waals surface area contributed by atoms with Gasteiger partial charge in [-0.25, -0.2) is 4.98 Å². The Hall–Kier alpha value is -1.91. The van der Waals surface area contributed by atoms with Crippen molar-refractivity contribution in [3.8, 4) is 5.88 Å². The smallest absolute Gasteiger partial charge is 0.217 e. The molecule has 0 aromatic carbocycles. The molecule has 0 amide bonds. The van der Waals surface area contributed by atoms with Gasteiger partial charge in [-0.05, 0) is 0 Å². The molecule has 2 aromatic heterocycles. The molecule has 0 aliphatic carbocycles. The molecule has 0 N–H and O–H groups in total. The fourth-order valence-electron chi connectivity index (χ4n) is 1.20. The van der Waals surface area contributed by atoms with E-state index >= 15 is 0 Å². The van der Waals surface area contributed by atoms with Crippen LogP contribution in [0.25, 0.3) is 5.65 Å². The van der Waals surface area contributed by atoms with E-state index in [0.717, 1.165) is 0 Å². The standard InChI is InChI=1S/C9H9N3O2/c1-6(13)7-5-8-10-4-3-9(14-2)12(8)11-7/h3-5H,1-2H3.